The molecule has 2 atom stereocenters. The Morgan fingerprint density at radius 2 is 2.00 bits per heavy atom. The molecule has 3 aromatic heterocycles. The van der Waals surface area contributed by atoms with Gasteiger partial charge in [-0.2, -0.15) is 10.4 Å². The lowest BCUT2D eigenvalue weighted by molar-refractivity contribution is 0.101. The number of hydrogen-bond acceptors (Lipinski definition) is 8. The van der Waals surface area contributed by atoms with Gasteiger partial charge in [-0.3, -0.25) is 18.8 Å². The largest absolute Gasteiger partial charge is 0.501 e. The molecule has 0 aliphatic rings. The first kappa shape index (κ1) is 23.4. The minimum Gasteiger partial charge on any atom is -0.501 e. The highest BCUT2D eigenvalue weighted by molar-refractivity contribution is 6.04. The maximum absolute atomic E-state index is 12.9. The molecule has 35 heavy (non-hydrogen) atoms. The number of aromatic nitrogens is 5. The average Bonchev–Trinajstić information content (AvgIpc) is 3.47. The average molecular weight is 473 g/mol. The molecule has 0 spiro atoms. The summed E-state index contributed by atoms with van der Waals surface area (Å²) < 4.78 is 7.60. The van der Waals surface area contributed by atoms with Crippen LogP contribution < -0.4 is 10.9 Å². The molecule has 11 heteroatoms. The summed E-state index contributed by atoms with van der Waals surface area (Å²) in [6.45, 7) is 3.72. The number of amides is 1. The minimum absolute atomic E-state index is 0.248. The van der Waals surface area contributed by atoms with Gasteiger partial charge in [0.1, 0.15) is 17.8 Å². The molecule has 1 aromatic carbocycles. The molecular weight excluding hydrogens is 450 g/mol. The quantitative estimate of drug-likeness (QED) is 0.433. The van der Waals surface area contributed by atoms with Crippen LogP contribution in [0, 0.1) is 18.3 Å². The van der Waals surface area contributed by atoms with Crippen LogP contribution in [0.15, 0.2) is 52.2 Å². The van der Waals surface area contributed by atoms with E-state index in [1.807, 2.05) is 32.2 Å². The zero-order chi connectivity index (χ0) is 25.3. The van der Waals surface area contributed by atoms with E-state index in [4.69, 9.17) is 4.52 Å². The lowest BCUT2D eigenvalue weighted by Crippen LogP contribution is -2.29. The summed E-state index contributed by atoms with van der Waals surface area (Å²) in [7, 11) is 3.28. The predicted molar refractivity (Wildman–Crippen MR) is 125 cm³/mol. The Hall–Kier alpha value is -4.72. The van der Waals surface area contributed by atoms with Crippen LogP contribution >= 0.6 is 0 Å². The number of carbonyl (C=O) groups is 1. The van der Waals surface area contributed by atoms with E-state index < -0.39 is 34.7 Å². The molecule has 0 unspecified atom stereocenters. The van der Waals surface area contributed by atoms with Crippen molar-refractivity contribution < 1.29 is 14.4 Å². The summed E-state index contributed by atoms with van der Waals surface area (Å²) in [4.78, 5) is 30.2. The molecule has 0 fully saturated rings. The number of rotatable bonds is 6. The van der Waals surface area contributed by atoms with Gasteiger partial charge in [0.25, 0.3) is 11.5 Å². The van der Waals surface area contributed by atoms with Crippen LogP contribution in [0.5, 0.6) is 5.75 Å². The van der Waals surface area contributed by atoms with Crippen molar-refractivity contribution in [3.05, 3.63) is 87.2 Å². The first-order valence-electron chi connectivity index (χ1n) is 10.7. The third-order valence-electron chi connectivity index (χ3n) is 5.92. The fourth-order valence-electron chi connectivity index (χ4n) is 4.28. The van der Waals surface area contributed by atoms with Crippen LogP contribution in [-0.2, 0) is 14.1 Å². The molecule has 0 aliphatic carbocycles. The number of nitriles is 1. The van der Waals surface area contributed by atoms with Gasteiger partial charge in [-0.1, -0.05) is 30.3 Å². The topological polar surface area (TPSA) is 152 Å². The van der Waals surface area contributed by atoms with E-state index in [2.05, 4.69) is 26.6 Å². The van der Waals surface area contributed by atoms with Crippen molar-refractivity contribution >= 4 is 11.6 Å². The molecule has 1 amide bonds. The summed E-state index contributed by atoms with van der Waals surface area (Å²) in [6, 6.07) is 9.42. The SMILES string of the molecule is Cc1nn(C)cc1[C@@H](c1ccccc1C#N)[C@@H](C)c1nc(C(=O)Nc2cnoc2)c(O)c(=O)n1C. The molecule has 2 N–H and O–H groups in total. The van der Waals surface area contributed by atoms with Gasteiger partial charge in [0.15, 0.2) is 5.69 Å². The number of aryl methyl sites for hydroxylation is 2. The molecule has 11 nitrogen and oxygen atoms in total. The fraction of sp³-hybridized carbons (Fsp3) is 0.250. The van der Waals surface area contributed by atoms with Crippen LogP contribution in [-0.4, -0.2) is 35.5 Å². The van der Waals surface area contributed by atoms with Crippen molar-refractivity contribution in [2.45, 2.75) is 25.7 Å². The summed E-state index contributed by atoms with van der Waals surface area (Å²) >= 11 is 0. The standard InChI is InChI=1S/C24H23N7O4/c1-13(19(18-11-30(3)29-14(18)2)17-8-6-5-7-15(17)9-25)22-28-20(21(32)24(34)31(22)4)23(33)27-16-10-26-35-12-16/h5-8,10-13,19,32H,1-4H3,(H,27,33)/t13-,19-/m1/s1. The lowest BCUT2D eigenvalue weighted by atomic mass is 9.79. The van der Waals surface area contributed by atoms with Crippen molar-refractivity contribution in [3.63, 3.8) is 0 Å². The molecule has 0 saturated heterocycles. The van der Waals surface area contributed by atoms with Gasteiger partial charge in [-0.05, 0) is 18.6 Å². The zero-order valence-electron chi connectivity index (χ0n) is 19.6. The molecule has 0 aliphatic heterocycles. The van der Waals surface area contributed by atoms with Crippen LogP contribution in [0.25, 0.3) is 0 Å². The van der Waals surface area contributed by atoms with E-state index in [9.17, 15) is 20.0 Å². The Balaban J connectivity index is 1.88. The third kappa shape index (κ3) is 4.29. The number of hydrogen-bond donors (Lipinski definition) is 2. The number of nitrogens with one attached hydrogen (secondary N) is 1. The third-order valence-corrected chi connectivity index (χ3v) is 5.92. The summed E-state index contributed by atoms with van der Waals surface area (Å²) in [6.07, 6.45) is 4.35. The lowest BCUT2D eigenvalue weighted by Gasteiger charge is -2.26. The molecule has 0 radical (unpaired) electrons. The molecule has 0 saturated carbocycles. The highest BCUT2D eigenvalue weighted by Crippen LogP contribution is 2.40. The molecule has 0 bridgehead atoms. The normalized spacial score (nSPS) is 12.7. The van der Waals surface area contributed by atoms with Gasteiger partial charge in [0.2, 0.25) is 5.75 Å². The van der Waals surface area contributed by atoms with Crippen LogP contribution in [0.2, 0.25) is 0 Å². The van der Waals surface area contributed by atoms with E-state index in [1.165, 1.54) is 24.1 Å². The summed E-state index contributed by atoms with van der Waals surface area (Å²) in [5, 5.41) is 30.7. The highest BCUT2D eigenvalue weighted by atomic mass is 16.5. The van der Waals surface area contributed by atoms with Crippen molar-refractivity contribution in [2.75, 3.05) is 5.32 Å². The van der Waals surface area contributed by atoms with E-state index in [0.717, 1.165) is 16.8 Å². The van der Waals surface area contributed by atoms with Gasteiger partial charge in [0, 0.05) is 37.7 Å². The van der Waals surface area contributed by atoms with E-state index >= 15 is 0 Å². The number of aromatic hydroxyl groups is 1. The molecule has 178 valence electrons. The van der Waals surface area contributed by atoms with Crippen molar-refractivity contribution in [3.8, 4) is 11.8 Å². The van der Waals surface area contributed by atoms with Gasteiger partial charge >= 0.3 is 0 Å². The van der Waals surface area contributed by atoms with Crippen molar-refractivity contribution in [1.29, 1.82) is 5.26 Å². The smallest absolute Gasteiger partial charge is 0.296 e. The zero-order valence-corrected chi connectivity index (χ0v) is 19.6. The Morgan fingerprint density at radius 3 is 2.63 bits per heavy atom. The Bertz CT molecular complexity index is 1500. The number of nitrogens with zero attached hydrogens (tertiary/aromatic N) is 6. The first-order chi connectivity index (χ1) is 16.7. The van der Waals surface area contributed by atoms with Gasteiger partial charge < -0.3 is 14.9 Å². The Labute approximate surface area is 200 Å². The molecule has 4 aromatic rings. The molecular formula is C24H23N7O4. The summed E-state index contributed by atoms with van der Waals surface area (Å²) in [5.41, 5.74) is 1.86. The highest BCUT2D eigenvalue weighted by Gasteiger charge is 2.32. The maximum Gasteiger partial charge on any atom is 0.296 e. The molecule has 3 heterocycles. The van der Waals surface area contributed by atoms with Crippen molar-refractivity contribution in [2.24, 2.45) is 14.1 Å². The summed E-state index contributed by atoms with van der Waals surface area (Å²) in [5.74, 6) is -2.22. The number of anilines is 1. The first-order valence-corrected chi connectivity index (χ1v) is 10.7. The molecule has 4 rings (SSSR count). The minimum atomic E-state index is -0.789. The van der Waals surface area contributed by atoms with E-state index in [0.29, 0.717) is 5.56 Å². The Kier molecular flexibility index (Phi) is 6.20. The second-order valence-electron chi connectivity index (χ2n) is 8.21. The number of benzene rings is 1. The van der Waals surface area contributed by atoms with Gasteiger partial charge in [-0.25, -0.2) is 4.98 Å². The fourth-order valence-corrected chi connectivity index (χ4v) is 4.28. The second kappa shape index (κ2) is 9.26. The van der Waals surface area contributed by atoms with Gasteiger partial charge in [-0.15, -0.1) is 0 Å². The number of carbonyl (C=O) groups excluding carboxylic acids is 1. The van der Waals surface area contributed by atoms with E-state index in [1.54, 1.807) is 23.9 Å². The second-order valence-corrected chi connectivity index (χ2v) is 8.21. The van der Waals surface area contributed by atoms with Gasteiger partial charge in [0.05, 0.1) is 23.5 Å². The predicted octanol–water partition coefficient (Wildman–Crippen LogP) is 2.58. The monoisotopic (exact) mass is 473 g/mol. The van der Waals surface area contributed by atoms with Crippen LogP contribution in [0.4, 0.5) is 5.69 Å². The maximum atomic E-state index is 12.9. The van der Waals surface area contributed by atoms with Crippen LogP contribution in [0.1, 0.15) is 57.5 Å². The Morgan fingerprint density at radius 1 is 1.26 bits per heavy atom. The van der Waals surface area contributed by atoms with E-state index in [-0.39, 0.29) is 11.5 Å². The van der Waals surface area contributed by atoms with Crippen molar-refractivity contribution in [1.82, 2.24) is 24.5 Å². The van der Waals surface area contributed by atoms with Crippen LogP contribution in [0.3, 0.4) is 0 Å².